The summed E-state index contributed by atoms with van der Waals surface area (Å²) in [5.74, 6) is 0.697. The number of aliphatic hydroxyl groups excluding tert-OH is 1. The Hall–Kier alpha value is -2.88. The number of aromatic nitrogens is 1. The van der Waals surface area contributed by atoms with Crippen LogP contribution >= 0.6 is 25.2 Å². The molecule has 3 aromatic rings. The first kappa shape index (κ1) is 32.1. The predicted molar refractivity (Wildman–Crippen MR) is 166 cm³/mol. The zero-order chi connectivity index (χ0) is 28.1. The van der Waals surface area contributed by atoms with Gasteiger partial charge in [0, 0.05) is 27.0 Å². The number of halogens is 2. The number of aliphatic hydroxyl groups is 1. The molecule has 2 atom stereocenters. The van der Waals surface area contributed by atoms with E-state index in [1.807, 2.05) is 69.3 Å². The monoisotopic (exact) mass is 585 g/mol. The number of nitrogens with zero attached hydrogens (tertiary/aromatic N) is 1. The average molecular weight is 587 g/mol. The molecule has 0 bridgehead atoms. The Balaban J connectivity index is 0.000000874. The number of rotatable bonds is 8. The van der Waals surface area contributed by atoms with E-state index in [9.17, 15) is 9.50 Å². The summed E-state index contributed by atoms with van der Waals surface area (Å²) in [7, 11) is 2.62. The minimum Gasteiger partial charge on any atom is -0.508 e. The van der Waals surface area contributed by atoms with Crippen LogP contribution in [0.4, 0.5) is 4.39 Å². The van der Waals surface area contributed by atoms with Crippen molar-refractivity contribution in [3.05, 3.63) is 114 Å². The third-order valence-electron chi connectivity index (χ3n) is 5.33. The van der Waals surface area contributed by atoms with E-state index in [0.717, 1.165) is 32.7 Å². The second-order valence-corrected chi connectivity index (χ2v) is 10.3. The third kappa shape index (κ3) is 9.50. The lowest BCUT2D eigenvalue weighted by Gasteiger charge is -2.17. The van der Waals surface area contributed by atoms with Crippen LogP contribution < -0.4 is 4.74 Å². The highest BCUT2D eigenvalue weighted by atomic mass is 79.9. The van der Waals surface area contributed by atoms with Crippen molar-refractivity contribution >= 4 is 30.9 Å². The van der Waals surface area contributed by atoms with Gasteiger partial charge in [-0.25, -0.2) is 4.39 Å². The highest BCUT2D eigenvalue weighted by Gasteiger charge is 2.16. The van der Waals surface area contributed by atoms with Crippen molar-refractivity contribution in [1.82, 2.24) is 4.57 Å². The van der Waals surface area contributed by atoms with Crippen molar-refractivity contribution < 1.29 is 14.2 Å². The zero-order valence-corrected chi connectivity index (χ0v) is 25.0. The Morgan fingerprint density at radius 1 is 1.16 bits per heavy atom. The van der Waals surface area contributed by atoms with Gasteiger partial charge in [-0.15, -0.1) is 29.0 Å². The molecule has 0 amide bonds. The smallest absolute Gasteiger partial charge is 0.129 e. The highest BCUT2D eigenvalue weighted by molar-refractivity contribution is 9.10. The minimum absolute atomic E-state index is 0.00796. The van der Waals surface area contributed by atoms with Crippen molar-refractivity contribution in [2.45, 2.75) is 33.4 Å². The molecular formula is C31H38BrFNO2P. The number of hydrogen-bond acceptors (Lipinski definition) is 2. The summed E-state index contributed by atoms with van der Waals surface area (Å²) in [5.41, 5.74) is 6.68. The van der Waals surface area contributed by atoms with Crippen LogP contribution in [0.1, 0.15) is 30.7 Å². The fourth-order valence-electron chi connectivity index (χ4n) is 3.30. The van der Waals surface area contributed by atoms with Crippen LogP contribution in [0.3, 0.4) is 0 Å². The Labute approximate surface area is 232 Å². The summed E-state index contributed by atoms with van der Waals surface area (Å²) in [4.78, 5) is 0. The Bertz CT molecular complexity index is 1230. The first-order valence-corrected chi connectivity index (χ1v) is 13.3. The lowest BCUT2D eigenvalue weighted by atomic mass is 10.1. The van der Waals surface area contributed by atoms with Gasteiger partial charge in [0.25, 0.3) is 0 Å². The van der Waals surface area contributed by atoms with E-state index in [0.29, 0.717) is 22.5 Å². The molecule has 3 rings (SSSR count). The highest BCUT2D eigenvalue weighted by Crippen LogP contribution is 2.35. The fraction of sp³-hybridized carbons (Fsp3) is 0.226. The van der Waals surface area contributed by atoms with Gasteiger partial charge in [0.2, 0.25) is 0 Å². The van der Waals surface area contributed by atoms with Crippen molar-refractivity contribution in [1.29, 1.82) is 0 Å². The SMILES string of the molecule is C=C.C=C(O)c1cc(Br)cc(-n2c(C)ccc2-c2cc(C)ccc2OC/C(=C/C)CF)c1.C=CC(C)P. The van der Waals surface area contributed by atoms with Crippen molar-refractivity contribution in [2.24, 2.45) is 0 Å². The summed E-state index contributed by atoms with van der Waals surface area (Å²) < 4.78 is 22.0. The summed E-state index contributed by atoms with van der Waals surface area (Å²) in [5, 5.41) is 9.89. The second kappa shape index (κ2) is 16.1. The largest absolute Gasteiger partial charge is 0.508 e. The number of allylic oxidation sites excluding steroid dienone is 2. The minimum atomic E-state index is -0.529. The van der Waals surface area contributed by atoms with Gasteiger partial charge < -0.3 is 14.4 Å². The molecule has 0 radical (unpaired) electrons. The molecule has 37 heavy (non-hydrogen) atoms. The lowest BCUT2D eigenvalue weighted by molar-refractivity contribution is 0.338. The van der Waals surface area contributed by atoms with Gasteiger partial charge in [0.1, 0.15) is 24.8 Å². The van der Waals surface area contributed by atoms with E-state index in [2.05, 4.69) is 69.0 Å². The van der Waals surface area contributed by atoms with Gasteiger partial charge in [0.05, 0.1) is 5.69 Å². The van der Waals surface area contributed by atoms with Crippen LogP contribution in [-0.4, -0.2) is 28.6 Å². The van der Waals surface area contributed by atoms with Crippen molar-refractivity contribution in [2.75, 3.05) is 13.3 Å². The van der Waals surface area contributed by atoms with Gasteiger partial charge >= 0.3 is 0 Å². The molecule has 2 aromatic carbocycles. The Kier molecular flexibility index (Phi) is 14.0. The van der Waals surface area contributed by atoms with Gasteiger partial charge in [-0.05, 0) is 74.5 Å². The molecule has 198 valence electrons. The van der Waals surface area contributed by atoms with E-state index in [-0.39, 0.29) is 12.4 Å². The van der Waals surface area contributed by atoms with Crippen molar-refractivity contribution in [3.63, 3.8) is 0 Å². The van der Waals surface area contributed by atoms with E-state index in [1.54, 1.807) is 6.08 Å². The van der Waals surface area contributed by atoms with Gasteiger partial charge in [-0.2, -0.15) is 0 Å². The first-order chi connectivity index (χ1) is 17.6. The number of ether oxygens (including phenoxy) is 1. The van der Waals surface area contributed by atoms with E-state index >= 15 is 0 Å². The topological polar surface area (TPSA) is 34.4 Å². The van der Waals surface area contributed by atoms with E-state index in [4.69, 9.17) is 4.74 Å². The standard InChI is InChI=1S/C25H25BrFNO2.C4H9P.C2H4/c1-5-19(14-27)15-30-25-9-6-16(2)10-23(25)24-8-7-17(3)28(24)22-12-20(18(4)29)11-21(26)13-22;1-3-4(2)5;1-2/h5-13,29H,4,14-15H2,1-3H3;3-4H,1,5H2,2H3;1-2H2/b19-5+;;. The van der Waals surface area contributed by atoms with Crippen LogP contribution in [0.2, 0.25) is 0 Å². The van der Waals surface area contributed by atoms with Gasteiger partial charge in [-0.3, -0.25) is 0 Å². The summed E-state index contributed by atoms with van der Waals surface area (Å²) in [6.07, 6.45) is 3.62. The summed E-state index contributed by atoms with van der Waals surface area (Å²) in [6.45, 7) is 20.8. The van der Waals surface area contributed by atoms with Crippen LogP contribution in [-0.2, 0) is 0 Å². The molecule has 1 N–H and O–H groups in total. The van der Waals surface area contributed by atoms with Gasteiger partial charge in [-0.1, -0.05) is 53.2 Å². The molecular weight excluding hydrogens is 548 g/mol. The molecule has 3 nitrogen and oxygen atoms in total. The first-order valence-electron chi connectivity index (χ1n) is 11.8. The lowest BCUT2D eigenvalue weighted by Crippen LogP contribution is -2.05. The van der Waals surface area contributed by atoms with E-state index in [1.165, 1.54) is 0 Å². The van der Waals surface area contributed by atoms with Crippen LogP contribution in [0, 0.1) is 13.8 Å². The third-order valence-corrected chi connectivity index (χ3v) is 6.06. The second-order valence-electron chi connectivity index (χ2n) is 8.30. The van der Waals surface area contributed by atoms with Crippen molar-refractivity contribution in [3.8, 4) is 22.7 Å². The zero-order valence-electron chi connectivity index (χ0n) is 22.2. The Morgan fingerprint density at radius 2 is 1.81 bits per heavy atom. The summed E-state index contributed by atoms with van der Waals surface area (Å²) in [6, 6.07) is 15.7. The molecule has 2 unspecified atom stereocenters. The van der Waals surface area contributed by atoms with Crippen LogP contribution in [0.25, 0.3) is 22.7 Å². The van der Waals surface area contributed by atoms with Crippen LogP contribution in [0.15, 0.2) is 97.0 Å². The van der Waals surface area contributed by atoms with Crippen LogP contribution in [0.5, 0.6) is 5.75 Å². The quantitative estimate of drug-likeness (QED) is 0.162. The predicted octanol–water partition coefficient (Wildman–Crippen LogP) is 9.59. The molecule has 0 spiro atoms. The maximum Gasteiger partial charge on any atom is 0.129 e. The van der Waals surface area contributed by atoms with E-state index < -0.39 is 6.67 Å². The normalized spacial score (nSPS) is 11.4. The van der Waals surface area contributed by atoms with Gasteiger partial charge in [0.15, 0.2) is 0 Å². The number of benzene rings is 2. The molecule has 0 fully saturated rings. The number of aryl methyl sites for hydroxylation is 2. The molecule has 1 aromatic heterocycles. The molecule has 0 saturated heterocycles. The molecule has 1 heterocycles. The Morgan fingerprint density at radius 3 is 2.35 bits per heavy atom. The molecule has 0 aliphatic heterocycles. The molecule has 0 aliphatic rings. The maximum absolute atomic E-state index is 13.1. The number of hydrogen-bond donors (Lipinski definition) is 1. The maximum atomic E-state index is 13.1. The summed E-state index contributed by atoms with van der Waals surface area (Å²) >= 11 is 3.52. The average Bonchev–Trinajstić information content (AvgIpc) is 3.27. The number of alkyl halides is 1. The fourth-order valence-corrected chi connectivity index (χ4v) is 3.78. The molecule has 0 aliphatic carbocycles. The molecule has 6 heteroatoms. The molecule has 0 saturated carbocycles.